The number of amides is 2. The van der Waals surface area contributed by atoms with Crippen LogP contribution in [0.4, 0.5) is 4.79 Å². The van der Waals surface area contributed by atoms with Crippen LogP contribution < -0.4 is 10.6 Å². The minimum absolute atomic E-state index is 0.00318. The van der Waals surface area contributed by atoms with Crippen molar-refractivity contribution in [2.45, 2.75) is 38.6 Å². The van der Waals surface area contributed by atoms with E-state index in [2.05, 4.69) is 15.4 Å². The maximum atomic E-state index is 11.3. The van der Waals surface area contributed by atoms with E-state index in [4.69, 9.17) is 5.11 Å². The van der Waals surface area contributed by atoms with Crippen LogP contribution in [0.2, 0.25) is 0 Å². The highest BCUT2D eigenvalue weighted by atomic mass is 16.5. The standard InChI is InChI=1S/C11H20N2O5/c1-3-4-7-12-11(17)13-8(10(15)16)5-6-9(14)18-2/h8H,3-7H2,1-2H3,(H,15,16)(H2,12,13,17)/t8-/m0/s1. The Kier molecular flexibility index (Phi) is 8.34. The van der Waals surface area contributed by atoms with Crippen molar-refractivity contribution in [3.8, 4) is 0 Å². The van der Waals surface area contributed by atoms with Crippen molar-refractivity contribution in [1.29, 1.82) is 0 Å². The number of rotatable bonds is 8. The second-order valence-electron chi connectivity index (χ2n) is 3.76. The quantitative estimate of drug-likeness (QED) is 0.435. The van der Waals surface area contributed by atoms with Gasteiger partial charge in [0.15, 0.2) is 0 Å². The van der Waals surface area contributed by atoms with E-state index in [9.17, 15) is 14.4 Å². The van der Waals surface area contributed by atoms with E-state index in [1.807, 2.05) is 6.92 Å². The molecule has 7 nitrogen and oxygen atoms in total. The molecule has 0 aliphatic heterocycles. The van der Waals surface area contributed by atoms with E-state index in [1.165, 1.54) is 7.11 Å². The van der Waals surface area contributed by atoms with Gasteiger partial charge in [0, 0.05) is 13.0 Å². The molecular formula is C11H20N2O5. The number of carboxylic acid groups (broad SMARTS) is 1. The number of esters is 1. The average molecular weight is 260 g/mol. The molecule has 0 unspecified atom stereocenters. The van der Waals surface area contributed by atoms with Crippen LogP contribution in [-0.4, -0.2) is 42.8 Å². The third kappa shape index (κ3) is 7.48. The normalized spacial score (nSPS) is 11.4. The third-order valence-corrected chi connectivity index (χ3v) is 2.28. The predicted molar refractivity (Wildman–Crippen MR) is 64.1 cm³/mol. The minimum atomic E-state index is -1.18. The van der Waals surface area contributed by atoms with Crippen LogP contribution in [0, 0.1) is 0 Å². The Morgan fingerprint density at radius 3 is 2.50 bits per heavy atom. The minimum Gasteiger partial charge on any atom is -0.480 e. The first kappa shape index (κ1) is 16.2. The first-order valence-electron chi connectivity index (χ1n) is 5.85. The van der Waals surface area contributed by atoms with Gasteiger partial charge < -0.3 is 20.5 Å². The van der Waals surface area contributed by atoms with E-state index in [1.54, 1.807) is 0 Å². The second kappa shape index (κ2) is 9.26. The number of aliphatic carboxylic acids is 1. The van der Waals surface area contributed by atoms with Crippen LogP contribution in [0.3, 0.4) is 0 Å². The molecule has 0 aliphatic carbocycles. The molecule has 0 saturated heterocycles. The Bertz CT molecular complexity index is 293. The molecule has 0 aromatic carbocycles. The van der Waals surface area contributed by atoms with Crippen LogP contribution in [0.1, 0.15) is 32.6 Å². The van der Waals surface area contributed by atoms with Gasteiger partial charge in [-0.3, -0.25) is 4.79 Å². The fraction of sp³-hybridized carbons (Fsp3) is 0.727. The van der Waals surface area contributed by atoms with E-state index in [-0.39, 0.29) is 12.8 Å². The molecule has 1 atom stereocenters. The van der Waals surface area contributed by atoms with E-state index >= 15 is 0 Å². The van der Waals surface area contributed by atoms with Gasteiger partial charge in [0.25, 0.3) is 0 Å². The largest absolute Gasteiger partial charge is 0.480 e. The zero-order valence-electron chi connectivity index (χ0n) is 10.7. The van der Waals surface area contributed by atoms with Crippen molar-refractivity contribution in [2.24, 2.45) is 0 Å². The number of nitrogens with one attached hydrogen (secondary N) is 2. The lowest BCUT2D eigenvalue weighted by Crippen LogP contribution is -2.46. The summed E-state index contributed by atoms with van der Waals surface area (Å²) >= 11 is 0. The summed E-state index contributed by atoms with van der Waals surface area (Å²) in [7, 11) is 1.23. The van der Waals surface area contributed by atoms with E-state index < -0.39 is 24.0 Å². The van der Waals surface area contributed by atoms with Crippen molar-refractivity contribution in [3.63, 3.8) is 0 Å². The molecular weight excluding hydrogens is 240 g/mol. The molecule has 3 N–H and O–H groups in total. The summed E-state index contributed by atoms with van der Waals surface area (Å²) in [6.07, 6.45) is 1.71. The Morgan fingerprint density at radius 1 is 1.33 bits per heavy atom. The number of hydrogen-bond donors (Lipinski definition) is 3. The van der Waals surface area contributed by atoms with Crippen LogP contribution in [-0.2, 0) is 14.3 Å². The van der Waals surface area contributed by atoms with Gasteiger partial charge in [0.1, 0.15) is 6.04 Å². The second-order valence-corrected chi connectivity index (χ2v) is 3.76. The van der Waals surface area contributed by atoms with Gasteiger partial charge in [-0.15, -0.1) is 0 Å². The highest BCUT2D eigenvalue weighted by Crippen LogP contribution is 1.99. The SMILES string of the molecule is CCCCNC(=O)N[C@@H](CCC(=O)OC)C(=O)O. The summed E-state index contributed by atoms with van der Waals surface area (Å²) in [5.41, 5.74) is 0. The summed E-state index contributed by atoms with van der Waals surface area (Å²) in [5.74, 6) is -1.68. The molecule has 2 amide bonds. The molecule has 0 aromatic rings. The summed E-state index contributed by atoms with van der Waals surface area (Å²) in [6.45, 7) is 2.47. The van der Waals surface area contributed by atoms with Gasteiger partial charge in [0.2, 0.25) is 0 Å². The van der Waals surface area contributed by atoms with Crippen molar-refractivity contribution in [3.05, 3.63) is 0 Å². The summed E-state index contributed by atoms with van der Waals surface area (Å²) < 4.78 is 4.40. The maximum absolute atomic E-state index is 11.3. The van der Waals surface area contributed by atoms with Crippen LogP contribution in [0.5, 0.6) is 0 Å². The van der Waals surface area contributed by atoms with Gasteiger partial charge >= 0.3 is 18.0 Å². The van der Waals surface area contributed by atoms with E-state index in [0.717, 1.165) is 12.8 Å². The van der Waals surface area contributed by atoms with Crippen LogP contribution in [0.15, 0.2) is 0 Å². The van der Waals surface area contributed by atoms with Gasteiger partial charge in [-0.1, -0.05) is 13.3 Å². The highest BCUT2D eigenvalue weighted by molar-refractivity contribution is 5.83. The average Bonchev–Trinajstić information content (AvgIpc) is 2.33. The molecule has 0 aliphatic rings. The lowest BCUT2D eigenvalue weighted by atomic mass is 10.1. The molecule has 0 radical (unpaired) electrons. The monoisotopic (exact) mass is 260 g/mol. The molecule has 0 saturated carbocycles. The maximum Gasteiger partial charge on any atom is 0.326 e. The number of ether oxygens (including phenoxy) is 1. The van der Waals surface area contributed by atoms with Crippen molar-refractivity contribution < 1.29 is 24.2 Å². The third-order valence-electron chi connectivity index (χ3n) is 2.28. The summed E-state index contributed by atoms with van der Waals surface area (Å²) in [4.78, 5) is 33.1. The Morgan fingerprint density at radius 2 is 2.00 bits per heavy atom. The number of carbonyl (C=O) groups is 3. The van der Waals surface area contributed by atoms with Crippen molar-refractivity contribution in [2.75, 3.05) is 13.7 Å². The lowest BCUT2D eigenvalue weighted by Gasteiger charge is -2.14. The molecule has 0 rings (SSSR count). The van der Waals surface area contributed by atoms with Gasteiger partial charge in [-0.05, 0) is 12.8 Å². The first-order chi connectivity index (χ1) is 8.51. The molecule has 0 heterocycles. The van der Waals surface area contributed by atoms with Crippen LogP contribution in [0.25, 0.3) is 0 Å². The Balaban J connectivity index is 4.06. The molecule has 18 heavy (non-hydrogen) atoms. The Hall–Kier alpha value is -1.79. The molecule has 0 bridgehead atoms. The summed E-state index contributed by atoms with van der Waals surface area (Å²) in [6, 6.07) is -1.63. The number of carbonyl (C=O) groups excluding carboxylic acids is 2. The molecule has 0 aromatic heterocycles. The zero-order chi connectivity index (χ0) is 14.0. The van der Waals surface area contributed by atoms with Crippen LogP contribution >= 0.6 is 0 Å². The molecule has 104 valence electrons. The molecule has 7 heteroatoms. The molecule has 0 fully saturated rings. The fourth-order valence-corrected chi connectivity index (χ4v) is 1.21. The fourth-order valence-electron chi connectivity index (χ4n) is 1.21. The summed E-state index contributed by atoms with van der Waals surface area (Å²) in [5, 5.41) is 13.7. The highest BCUT2D eigenvalue weighted by Gasteiger charge is 2.20. The number of urea groups is 1. The predicted octanol–water partition coefficient (Wildman–Crippen LogP) is 0.492. The topological polar surface area (TPSA) is 105 Å². The Labute approximate surface area is 106 Å². The smallest absolute Gasteiger partial charge is 0.326 e. The number of hydrogen-bond acceptors (Lipinski definition) is 4. The van der Waals surface area contributed by atoms with Gasteiger partial charge in [-0.25, -0.2) is 9.59 Å². The van der Waals surface area contributed by atoms with Crippen molar-refractivity contribution in [1.82, 2.24) is 10.6 Å². The molecule has 0 spiro atoms. The number of methoxy groups -OCH3 is 1. The number of carboxylic acids is 1. The van der Waals surface area contributed by atoms with Crippen molar-refractivity contribution >= 4 is 18.0 Å². The first-order valence-corrected chi connectivity index (χ1v) is 5.85. The zero-order valence-corrected chi connectivity index (χ0v) is 10.7. The number of unbranched alkanes of at least 4 members (excludes halogenated alkanes) is 1. The van der Waals surface area contributed by atoms with E-state index in [0.29, 0.717) is 6.54 Å². The van der Waals surface area contributed by atoms with Gasteiger partial charge in [-0.2, -0.15) is 0 Å². The lowest BCUT2D eigenvalue weighted by molar-refractivity contribution is -0.142. The van der Waals surface area contributed by atoms with Gasteiger partial charge in [0.05, 0.1) is 7.11 Å².